The molecule has 1 fully saturated rings. The minimum absolute atomic E-state index is 0.0294. The van der Waals surface area contributed by atoms with Crippen molar-refractivity contribution in [3.8, 4) is 5.75 Å². The van der Waals surface area contributed by atoms with Crippen LogP contribution >= 0.6 is 0 Å². The van der Waals surface area contributed by atoms with Gasteiger partial charge in [-0.2, -0.15) is 0 Å². The number of esters is 1. The number of ether oxygens (including phenoxy) is 2. The van der Waals surface area contributed by atoms with Gasteiger partial charge in [0.25, 0.3) is 0 Å². The van der Waals surface area contributed by atoms with Crippen LogP contribution in [-0.2, 0) is 9.53 Å². The van der Waals surface area contributed by atoms with Crippen LogP contribution in [0.5, 0.6) is 5.75 Å². The minimum Gasteiger partial charge on any atom is -0.472 e. The summed E-state index contributed by atoms with van der Waals surface area (Å²) in [6.45, 7) is 1.67. The van der Waals surface area contributed by atoms with Crippen molar-refractivity contribution in [3.63, 3.8) is 0 Å². The zero-order valence-electron chi connectivity index (χ0n) is 11.4. The smallest absolute Gasteiger partial charge is 0.302 e. The predicted octanol–water partition coefficient (Wildman–Crippen LogP) is 1.82. The van der Waals surface area contributed by atoms with Gasteiger partial charge in [-0.05, 0) is 31.4 Å². The average Bonchev–Trinajstić information content (AvgIpc) is 2.41. The standard InChI is InChI=1S/C14H19FN2O3/c1-9(18)19-8-11-3-2-4-14(17-11)20-13-7-10(16)5-6-12(13)15/h5-7,11,14,17H,2-4,8,16H2,1H3/t11-,14+/m1/s1. The second-order valence-corrected chi connectivity index (χ2v) is 4.89. The number of anilines is 1. The summed E-state index contributed by atoms with van der Waals surface area (Å²) in [4.78, 5) is 10.8. The first kappa shape index (κ1) is 14.6. The monoisotopic (exact) mass is 282 g/mol. The fourth-order valence-electron chi connectivity index (χ4n) is 2.19. The first-order valence-electron chi connectivity index (χ1n) is 6.65. The second-order valence-electron chi connectivity index (χ2n) is 4.89. The third-order valence-electron chi connectivity index (χ3n) is 3.15. The Kier molecular flexibility index (Phi) is 4.79. The third-order valence-corrected chi connectivity index (χ3v) is 3.15. The number of carbonyl (C=O) groups excluding carboxylic acids is 1. The molecule has 0 saturated carbocycles. The Morgan fingerprint density at radius 1 is 1.50 bits per heavy atom. The topological polar surface area (TPSA) is 73.6 Å². The Bertz CT molecular complexity index is 481. The maximum Gasteiger partial charge on any atom is 0.302 e. The number of nitrogen functional groups attached to an aromatic ring is 1. The summed E-state index contributed by atoms with van der Waals surface area (Å²) < 4.78 is 24.2. The largest absolute Gasteiger partial charge is 0.472 e. The van der Waals surface area contributed by atoms with Crippen molar-refractivity contribution in [2.24, 2.45) is 0 Å². The zero-order valence-corrected chi connectivity index (χ0v) is 11.4. The molecule has 2 atom stereocenters. The Balaban J connectivity index is 1.92. The summed E-state index contributed by atoms with van der Waals surface area (Å²) in [6, 6.07) is 4.26. The lowest BCUT2D eigenvalue weighted by molar-refractivity contribution is -0.142. The highest BCUT2D eigenvalue weighted by atomic mass is 19.1. The molecule has 1 aliphatic heterocycles. The number of hydrogen-bond acceptors (Lipinski definition) is 5. The summed E-state index contributed by atoms with van der Waals surface area (Å²) in [7, 11) is 0. The van der Waals surface area contributed by atoms with Crippen molar-refractivity contribution < 1.29 is 18.7 Å². The van der Waals surface area contributed by atoms with Gasteiger partial charge in [0.2, 0.25) is 0 Å². The Morgan fingerprint density at radius 2 is 2.30 bits per heavy atom. The van der Waals surface area contributed by atoms with Gasteiger partial charge in [0, 0.05) is 24.7 Å². The molecule has 1 aliphatic rings. The number of rotatable bonds is 4. The molecule has 0 spiro atoms. The van der Waals surface area contributed by atoms with Gasteiger partial charge in [0.05, 0.1) is 0 Å². The predicted molar refractivity (Wildman–Crippen MR) is 72.6 cm³/mol. The summed E-state index contributed by atoms with van der Waals surface area (Å²) in [5.41, 5.74) is 6.07. The lowest BCUT2D eigenvalue weighted by Crippen LogP contribution is -2.47. The molecule has 0 aliphatic carbocycles. The van der Waals surface area contributed by atoms with Gasteiger partial charge >= 0.3 is 5.97 Å². The molecule has 1 aromatic carbocycles. The molecule has 1 heterocycles. The fourth-order valence-corrected chi connectivity index (χ4v) is 2.19. The fraction of sp³-hybridized carbons (Fsp3) is 0.500. The SMILES string of the molecule is CC(=O)OC[C@H]1CCC[C@H](Oc2cc(N)ccc2F)N1. The molecule has 20 heavy (non-hydrogen) atoms. The van der Waals surface area contributed by atoms with Gasteiger partial charge in [-0.3, -0.25) is 10.1 Å². The lowest BCUT2D eigenvalue weighted by atomic mass is 10.0. The van der Waals surface area contributed by atoms with Gasteiger partial charge in [-0.15, -0.1) is 0 Å². The molecule has 3 N–H and O–H groups in total. The van der Waals surface area contributed by atoms with E-state index >= 15 is 0 Å². The van der Waals surface area contributed by atoms with Gasteiger partial charge < -0.3 is 15.2 Å². The van der Waals surface area contributed by atoms with E-state index in [0.29, 0.717) is 12.3 Å². The van der Waals surface area contributed by atoms with E-state index in [-0.39, 0.29) is 24.0 Å². The first-order valence-corrected chi connectivity index (χ1v) is 6.65. The highest BCUT2D eigenvalue weighted by Gasteiger charge is 2.23. The highest BCUT2D eigenvalue weighted by molar-refractivity contribution is 5.65. The van der Waals surface area contributed by atoms with Crippen LogP contribution < -0.4 is 15.8 Å². The van der Waals surface area contributed by atoms with Crippen LogP contribution in [0, 0.1) is 5.82 Å². The van der Waals surface area contributed by atoms with E-state index in [0.717, 1.165) is 19.3 Å². The van der Waals surface area contributed by atoms with E-state index in [1.54, 1.807) is 0 Å². The third kappa shape index (κ3) is 4.09. The maximum absolute atomic E-state index is 13.6. The average molecular weight is 282 g/mol. The van der Waals surface area contributed by atoms with E-state index in [1.165, 1.54) is 25.1 Å². The van der Waals surface area contributed by atoms with Crippen LogP contribution in [-0.4, -0.2) is 24.8 Å². The summed E-state index contributed by atoms with van der Waals surface area (Å²) in [5.74, 6) is -0.615. The Morgan fingerprint density at radius 3 is 3.05 bits per heavy atom. The Labute approximate surface area is 117 Å². The second kappa shape index (κ2) is 6.56. The lowest BCUT2D eigenvalue weighted by Gasteiger charge is -2.31. The Hall–Kier alpha value is -1.82. The van der Waals surface area contributed by atoms with E-state index in [1.807, 2.05) is 0 Å². The molecular weight excluding hydrogens is 263 g/mol. The van der Waals surface area contributed by atoms with E-state index in [2.05, 4.69) is 5.32 Å². The molecule has 110 valence electrons. The van der Waals surface area contributed by atoms with Crippen molar-refractivity contribution in [2.45, 2.75) is 38.5 Å². The number of benzene rings is 1. The minimum atomic E-state index is -0.442. The number of nitrogens with two attached hydrogens (primary N) is 1. The first-order chi connectivity index (χ1) is 9.54. The maximum atomic E-state index is 13.6. The van der Waals surface area contributed by atoms with Gasteiger partial charge in [-0.25, -0.2) is 4.39 Å². The van der Waals surface area contributed by atoms with Crippen LogP contribution in [0.3, 0.4) is 0 Å². The molecule has 1 saturated heterocycles. The van der Waals surface area contributed by atoms with Crippen molar-refractivity contribution >= 4 is 11.7 Å². The summed E-state index contributed by atoms with van der Waals surface area (Å²) in [6.07, 6.45) is 2.28. The molecule has 1 aromatic rings. The number of carbonyl (C=O) groups is 1. The van der Waals surface area contributed by atoms with Gasteiger partial charge in [0.15, 0.2) is 17.8 Å². The number of piperidine rings is 1. The molecule has 5 nitrogen and oxygen atoms in total. The van der Waals surface area contributed by atoms with Crippen LogP contribution in [0.25, 0.3) is 0 Å². The van der Waals surface area contributed by atoms with Gasteiger partial charge in [0.1, 0.15) is 6.61 Å². The summed E-state index contributed by atoms with van der Waals surface area (Å²) in [5, 5.41) is 3.20. The van der Waals surface area contributed by atoms with Crippen LogP contribution in [0.15, 0.2) is 18.2 Å². The van der Waals surface area contributed by atoms with Gasteiger partial charge in [-0.1, -0.05) is 0 Å². The molecule has 6 heteroatoms. The quantitative estimate of drug-likeness (QED) is 0.651. The summed E-state index contributed by atoms with van der Waals surface area (Å²) >= 11 is 0. The highest BCUT2D eigenvalue weighted by Crippen LogP contribution is 2.23. The molecule has 0 bridgehead atoms. The molecule has 0 unspecified atom stereocenters. The zero-order chi connectivity index (χ0) is 14.5. The molecular formula is C14H19FN2O3. The molecule has 0 radical (unpaired) electrons. The number of nitrogens with one attached hydrogen (secondary N) is 1. The van der Waals surface area contributed by atoms with Crippen molar-refractivity contribution in [3.05, 3.63) is 24.0 Å². The molecule has 0 aromatic heterocycles. The van der Waals surface area contributed by atoms with Crippen LogP contribution in [0.2, 0.25) is 0 Å². The van der Waals surface area contributed by atoms with Crippen molar-refractivity contribution in [2.75, 3.05) is 12.3 Å². The van der Waals surface area contributed by atoms with Crippen LogP contribution in [0.4, 0.5) is 10.1 Å². The van der Waals surface area contributed by atoms with Crippen molar-refractivity contribution in [1.29, 1.82) is 0 Å². The normalized spacial score (nSPS) is 22.3. The number of halogens is 1. The van der Waals surface area contributed by atoms with Crippen LogP contribution in [0.1, 0.15) is 26.2 Å². The van der Waals surface area contributed by atoms with Crippen molar-refractivity contribution in [1.82, 2.24) is 5.32 Å². The van der Waals surface area contributed by atoms with E-state index in [4.69, 9.17) is 15.2 Å². The number of hydrogen-bond donors (Lipinski definition) is 2. The molecule has 2 rings (SSSR count). The van der Waals surface area contributed by atoms with E-state index < -0.39 is 5.82 Å². The molecule has 0 amide bonds. The van der Waals surface area contributed by atoms with E-state index in [9.17, 15) is 9.18 Å².